The van der Waals surface area contributed by atoms with Gasteiger partial charge in [-0.15, -0.1) is 0 Å². The Bertz CT molecular complexity index is 211. The third-order valence-electron chi connectivity index (χ3n) is 1.90. The van der Waals surface area contributed by atoms with Crippen LogP contribution in [-0.4, -0.2) is 11.1 Å². The van der Waals surface area contributed by atoms with E-state index in [1.807, 2.05) is 13.8 Å². The summed E-state index contributed by atoms with van der Waals surface area (Å²) in [6, 6.07) is 0. The number of hydrogen-bond acceptors (Lipinski definition) is 1. The van der Waals surface area contributed by atoms with Crippen molar-refractivity contribution in [2.75, 3.05) is 0 Å². The summed E-state index contributed by atoms with van der Waals surface area (Å²) in [6.45, 7) is 4.04. The number of rotatable bonds is 2. The SMILES string of the molecule is CC1=C(C)C1/C=C/C(=O)O. The van der Waals surface area contributed by atoms with Gasteiger partial charge in [-0.3, -0.25) is 0 Å². The number of aliphatic carboxylic acids is 1. The van der Waals surface area contributed by atoms with Crippen LogP contribution in [0.1, 0.15) is 13.8 Å². The van der Waals surface area contributed by atoms with Gasteiger partial charge in [-0.25, -0.2) is 4.79 Å². The summed E-state index contributed by atoms with van der Waals surface area (Å²) in [5.41, 5.74) is 2.61. The van der Waals surface area contributed by atoms with E-state index in [1.54, 1.807) is 6.08 Å². The monoisotopic (exact) mass is 138 g/mol. The molecular weight excluding hydrogens is 128 g/mol. The molecule has 54 valence electrons. The highest BCUT2D eigenvalue weighted by Gasteiger charge is 2.25. The molecule has 0 aromatic rings. The van der Waals surface area contributed by atoms with Crippen molar-refractivity contribution in [1.29, 1.82) is 0 Å². The molecule has 0 bridgehead atoms. The predicted octanol–water partition coefficient (Wildman–Crippen LogP) is 1.59. The van der Waals surface area contributed by atoms with Crippen LogP contribution in [-0.2, 0) is 4.79 Å². The molecule has 2 nitrogen and oxygen atoms in total. The van der Waals surface area contributed by atoms with Gasteiger partial charge in [0.1, 0.15) is 0 Å². The van der Waals surface area contributed by atoms with Crippen LogP contribution in [0, 0.1) is 5.92 Å². The molecule has 0 radical (unpaired) electrons. The first-order valence-corrected chi connectivity index (χ1v) is 3.21. The molecule has 0 aromatic heterocycles. The molecule has 10 heavy (non-hydrogen) atoms. The molecule has 0 aliphatic heterocycles. The summed E-state index contributed by atoms with van der Waals surface area (Å²) < 4.78 is 0. The summed E-state index contributed by atoms with van der Waals surface area (Å²) in [5.74, 6) is -0.524. The Morgan fingerprint density at radius 3 is 2.30 bits per heavy atom. The van der Waals surface area contributed by atoms with Crippen LogP contribution in [0.15, 0.2) is 23.3 Å². The van der Waals surface area contributed by atoms with Crippen molar-refractivity contribution in [3.8, 4) is 0 Å². The van der Waals surface area contributed by atoms with Gasteiger partial charge in [-0.05, 0) is 13.8 Å². The molecule has 0 atom stereocenters. The molecule has 2 heteroatoms. The molecule has 0 heterocycles. The van der Waals surface area contributed by atoms with Gasteiger partial charge < -0.3 is 5.11 Å². The number of carboxylic acid groups (broad SMARTS) is 1. The first-order chi connectivity index (χ1) is 4.63. The van der Waals surface area contributed by atoms with Crippen molar-refractivity contribution in [3.05, 3.63) is 23.3 Å². The van der Waals surface area contributed by atoms with E-state index in [0.717, 1.165) is 0 Å². The van der Waals surface area contributed by atoms with Crippen LogP contribution in [0.3, 0.4) is 0 Å². The zero-order chi connectivity index (χ0) is 7.72. The number of carbonyl (C=O) groups is 1. The van der Waals surface area contributed by atoms with Gasteiger partial charge >= 0.3 is 5.97 Å². The molecule has 1 rings (SSSR count). The lowest BCUT2D eigenvalue weighted by atomic mass is 10.2. The fourth-order valence-corrected chi connectivity index (χ4v) is 0.971. The van der Waals surface area contributed by atoms with E-state index in [1.165, 1.54) is 17.2 Å². The molecule has 0 amide bonds. The normalized spacial score (nSPS) is 18.6. The molecular formula is C8H10O2. The Labute approximate surface area is 59.9 Å². The zero-order valence-electron chi connectivity index (χ0n) is 6.09. The topological polar surface area (TPSA) is 37.3 Å². The van der Waals surface area contributed by atoms with Crippen molar-refractivity contribution in [3.63, 3.8) is 0 Å². The van der Waals surface area contributed by atoms with Crippen molar-refractivity contribution in [1.82, 2.24) is 0 Å². The van der Waals surface area contributed by atoms with E-state index in [2.05, 4.69) is 0 Å². The van der Waals surface area contributed by atoms with E-state index in [9.17, 15) is 4.79 Å². The second kappa shape index (κ2) is 2.29. The van der Waals surface area contributed by atoms with Gasteiger partial charge in [0.15, 0.2) is 0 Å². The Balaban J connectivity index is 2.39. The number of allylic oxidation sites excluding steroid dienone is 3. The average molecular weight is 138 g/mol. The van der Waals surface area contributed by atoms with Gasteiger partial charge in [0.25, 0.3) is 0 Å². The summed E-state index contributed by atoms with van der Waals surface area (Å²) in [5, 5.41) is 8.26. The first-order valence-electron chi connectivity index (χ1n) is 3.21. The van der Waals surface area contributed by atoms with Crippen molar-refractivity contribution in [2.24, 2.45) is 5.92 Å². The highest BCUT2D eigenvalue weighted by atomic mass is 16.4. The van der Waals surface area contributed by atoms with Gasteiger partial charge in [-0.1, -0.05) is 17.2 Å². The molecule has 1 aliphatic carbocycles. The maximum Gasteiger partial charge on any atom is 0.328 e. The lowest BCUT2D eigenvalue weighted by molar-refractivity contribution is -0.131. The largest absolute Gasteiger partial charge is 0.478 e. The fourth-order valence-electron chi connectivity index (χ4n) is 0.971. The first kappa shape index (κ1) is 7.06. The van der Waals surface area contributed by atoms with Crippen LogP contribution < -0.4 is 0 Å². The smallest absolute Gasteiger partial charge is 0.328 e. The molecule has 1 aliphatic rings. The van der Waals surface area contributed by atoms with Crippen molar-refractivity contribution >= 4 is 5.97 Å². The Hall–Kier alpha value is -1.05. The fraction of sp³-hybridized carbons (Fsp3) is 0.375. The van der Waals surface area contributed by atoms with Crippen LogP contribution >= 0.6 is 0 Å². The second-order valence-corrected chi connectivity index (χ2v) is 2.54. The van der Waals surface area contributed by atoms with Gasteiger partial charge in [0.05, 0.1) is 0 Å². The van der Waals surface area contributed by atoms with E-state index >= 15 is 0 Å². The predicted molar refractivity (Wildman–Crippen MR) is 38.6 cm³/mol. The van der Waals surface area contributed by atoms with Crippen LogP contribution in [0.5, 0.6) is 0 Å². The zero-order valence-corrected chi connectivity index (χ0v) is 6.09. The van der Waals surface area contributed by atoms with Gasteiger partial charge in [-0.2, -0.15) is 0 Å². The minimum absolute atomic E-state index is 0.344. The molecule has 0 saturated heterocycles. The minimum Gasteiger partial charge on any atom is -0.478 e. The summed E-state index contributed by atoms with van der Waals surface area (Å²) in [6.07, 6.45) is 2.91. The molecule has 0 spiro atoms. The van der Waals surface area contributed by atoms with Crippen molar-refractivity contribution in [2.45, 2.75) is 13.8 Å². The number of carboxylic acids is 1. The third kappa shape index (κ3) is 1.26. The van der Waals surface area contributed by atoms with E-state index in [-0.39, 0.29) is 0 Å². The molecule has 0 fully saturated rings. The van der Waals surface area contributed by atoms with Crippen LogP contribution in [0.2, 0.25) is 0 Å². The maximum absolute atomic E-state index is 10.0. The van der Waals surface area contributed by atoms with E-state index < -0.39 is 5.97 Å². The summed E-state index contributed by atoms with van der Waals surface area (Å²) in [7, 11) is 0. The highest BCUT2D eigenvalue weighted by molar-refractivity contribution is 5.80. The van der Waals surface area contributed by atoms with Crippen LogP contribution in [0.4, 0.5) is 0 Å². The van der Waals surface area contributed by atoms with E-state index in [0.29, 0.717) is 5.92 Å². The summed E-state index contributed by atoms with van der Waals surface area (Å²) in [4.78, 5) is 10.0. The maximum atomic E-state index is 10.0. The average Bonchev–Trinajstić information content (AvgIpc) is 2.38. The molecule has 0 unspecified atom stereocenters. The lowest BCUT2D eigenvalue weighted by Crippen LogP contribution is -1.86. The Morgan fingerprint density at radius 2 is 2.00 bits per heavy atom. The lowest BCUT2D eigenvalue weighted by Gasteiger charge is -1.83. The van der Waals surface area contributed by atoms with Crippen molar-refractivity contribution < 1.29 is 9.90 Å². The molecule has 0 saturated carbocycles. The van der Waals surface area contributed by atoms with Gasteiger partial charge in [0, 0.05) is 12.0 Å². The quantitative estimate of drug-likeness (QED) is 0.464. The molecule has 0 aromatic carbocycles. The Kier molecular flexibility index (Phi) is 1.62. The van der Waals surface area contributed by atoms with Crippen LogP contribution in [0.25, 0.3) is 0 Å². The Morgan fingerprint density at radius 1 is 1.50 bits per heavy atom. The number of hydrogen-bond donors (Lipinski definition) is 1. The highest BCUT2D eigenvalue weighted by Crippen LogP contribution is 2.38. The van der Waals surface area contributed by atoms with E-state index in [4.69, 9.17) is 5.11 Å². The summed E-state index contributed by atoms with van der Waals surface area (Å²) >= 11 is 0. The second-order valence-electron chi connectivity index (χ2n) is 2.54. The van der Waals surface area contributed by atoms with Gasteiger partial charge in [0.2, 0.25) is 0 Å². The molecule has 1 N–H and O–H groups in total. The third-order valence-corrected chi connectivity index (χ3v) is 1.90. The minimum atomic E-state index is -0.868. The standard InChI is InChI=1S/C8H10O2/c1-5-6(2)7(5)3-4-8(9)10/h3-4,7H,1-2H3,(H,9,10)/b4-3+.